The van der Waals surface area contributed by atoms with Crippen molar-refractivity contribution in [3.63, 3.8) is 0 Å². The summed E-state index contributed by atoms with van der Waals surface area (Å²) in [6.07, 6.45) is 1.04. The molecule has 0 atom stereocenters. The molecule has 0 aliphatic rings. The summed E-state index contributed by atoms with van der Waals surface area (Å²) in [6, 6.07) is 6.23. The van der Waals surface area contributed by atoms with Gasteiger partial charge in [0, 0.05) is 5.39 Å². The lowest BCUT2D eigenvalue weighted by molar-refractivity contribution is 0.0691. The Kier molecular flexibility index (Phi) is 2.16. The molecule has 3 aromatic rings. The third kappa shape index (κ3) is 1.46. The molecule has 5 nitrogen and oxygen atoms in total. The first kappa shape index (κ1) is 10.5. The number of hydrogen-bond acceptors (Lipinski definition) is 3. The molecule has 0 aliphatic heterocycles. The number of aromatic carboxylic acids is 1. The summed E-state index contributed by atoms with van der Waals surface area (Å²) < 4.78 is 18.5. The highest BCUT2D eigenvalue weighted by Gasteiger charge is 2.19. The molecular formula is C12H7FN2O3. The van der Waals surface area contributed by atoms with Crippen LogP contribution in [0, 0.1) is 5.82 Å². The Morgan fingerprint density at radius 1 is 1.44 bits per heavy atom. The van der Waals surface area contributed by atoms with E-state index in [9.17, 15) is 9.18 Å². The Bertz CT molecular complexity index is 745. The van der Waals surface area contributed by atoms with E-state index in [1.54, 1.807) is 18.2 Å². The van der Waals surface area contributed by atoms with Gasteiger partial charge in [-0.05, 0) is 12.1 Å². The Hall–Kier alpha value is -2.63. The van der Waals surface area contributed by atoms with Crippen molar-refractivity contribution in [3.8, 4) is 11.5 Å². The first-order valence-electron chi connectivity index (χ1n) is 5.11. The van der Waals surface area contributed by atoms with Crippen molar-refractivity contribution in [1.82, 2.24) is 9.97 Å². The second-order valence-corrected chi connectivity index (χ2v) is 3.72. The molecular weight excluding hydrogens is 239 g/mol. The van der Waals surface area contributed by atoms with Crippen molar-refractivity contribution in [2.75, 3.05) is 0 Å². The van der Waals surface area contributed by atoms with Gasteiger partial charge in [-0.2, -0.15) is 0 Å². The van der Waals surface area contributed by atoms with Gasteiger partial charge in [0.15, 0.2) is 17.8 Å². The highest BCUT2D eigenvalue weighted by molar-refractivity contribution is 5.94. The normalized spacial score (nSPS) is 10.9. The second kappa shape index (κ2) is 3.69. The van der Waals surface area contributed by atoms with E-state index >= 15 is 0 Å². The third-order valence-corrected chi connectivity index (χ3v) is 2.62. The van der Waals surface area contributed by atoms with Crippen LogP contribution in [-0.2, 0) is 0 Å². The molecule has 0 aliphatic carbocycles. The van der Waals surface area contributed by atoms with Crippen molar-refractivity contribution in [2.45, 2.75) is 0 Å². The molecule has 0 spiro atoms. The van der Waals surface area contributed by atoms with E-state index in [0.29, 0.717) is 16.6 Å². The minimum absolute atomic E-state index is 0.0816. The Balaban J connectivity index is 2.23. The number of carboxylic acids is 1. The Morgan fingerprint density at radius 3 is 3.00 bits per heavy atom. The number of nitrogens with one attached hydrogen (secondary N) is 1. The van der Waals surface area contributed by atoms with Crippen LogP contribution in [-0.4, -0.2) is 21.0 Å². The number of benzene rings is 1. The minimum Gasteiger partial charge on any atom is -0.476 e. The molecule has 18 heavy (non-hydrogen) atoms. The molecule has 2 heterocycles. The maximum Gasteiger partial charge on any atom is 0.358 e. The number of carbonyl (C=O) groups is 1. The molecule has 90 valence electrons. The third-order valence-electron chi connectivity index (χ3n) is 2.62. The number of oxazole rings is 1. The maximum atomic E-state index is 13.5. The number of para-hydroxylation sites is 1. The molecule has 0 fully saturated rings. The number of fused-ring (bicyclic) bond motifs is 1. The Morgan fingerprint density at radius 2 is 2.28 bits per heavy atom. The maximum absolute atomic E-state index is 13.5. The quantitative estimate of drug-likeness (QED) is 0.728. The number of halogens is 1. The van der Waals surface area contributed by atoms with Crippen molar-refractivity contribution < 1.29 is 18.7 Å². The van der Waals surface area contributed by atoms with Gasteiger partial charge >= 0.3 is 5.97 Å². The molecule has 0 saturated carbocycles. The van der Waals surface area contributed by atoms with E-state index in [2.05, 4.69) is 9.97 Å². The standard InChI is InChI=1S/C12H7FN2O3/c13-7-3-1-2-6-4-8(15-9(6)7)11-10(12(16)17)14-5-18-11/h1-5,15H,(H,16,17). The highest BCUT2D eigenvalue weighted by atomic mass is 19.1. The molecule has 2 N–H and O–H groups in total. The van der Waals surface area contributed by atoms with Crippen LogP contribution in [0.4, 0.5) is 4.39 Å². The van der Waals surface area contributed by atoms with Crippen LogP contribution in [0.5, 0.6) is 0 Å². The summed E-state index contributed by atoms with van der Waals surface area (Å²) in [5.41, 5.74) is 0.479. The molecule has 3 rings (SSSR count). The van der Waals surface area contributed by atoms with E-state index in [-0.39, 0.29) is 11.5 Å². The topological polar surface area (TPSA) is 79.1 Å². The number of nitrogens with zero attached hydrogens (tertiary/aromatic N) is 1. The summed E-state index contributed by atoms with van der Waals surface area (Å²) in [7, 11) is 0. The summed E-state index contributed by atoms with van der Waals surface area (Å²) >= 11 is 0. The summed E-state index contributed by atoms with van der Waals surface area (Å²) in [5.74, 6) is -1.52. The fourth-order valence-corrected chi connectivity index (χ4v) is 1.83. The van der Waals surface area contributed by atoms with Crippen LogP contribution in [0.25, 0.3) is 22.4 Å². The van der Waals surface area contributed by atoms with Crippen LogP contribution < -0.4 is 0 Å². The van der Waals surface area contributed by atoms with Crippen molar-refractivity contribution in [3.05, 3.63) is 42.2 Å². The summed E-state index contributed by atoms with van der Waals surface area (Å²) in [5, 5.41) is 9.57. The van der Waals surface area contributed by atoms with E-state index in [0.717, 1.165) is 6.39 Å². The monoisotopic (exact) mass is 246 g/mol. The first-order chi connectivity index (χ1) is 8.66. The SMILES string of the molecule is O=C(O)c1ncoc1-c1cc2cccc(F)c2[nH]1. The van der Waals surface area contributed by atoms with Crippen LogP contribution in [0.15, 0.2) is 35.1 Å². The largest absolute Gasteiger partial charge is 0.476 e. The predicted molar refractivity (Wildman–Crippen MR) is 60.7 cm³/mol. The highest BCUT2D eigenvalue weighted by Crippen LogP contribution is 2.27. The van der Waals surface area contributed by atoms with E-state index < -0.39 is 11.8 Å². The van der Waals surface area contributed by atoms with Crippen LogP contribution >= 0.6 is 0 Å². The van der Waals surface area contributed by atoms with E-state index in [1.165, 1.54) is 6.07 Å². The smallest absolute Gasteiger partial charge is 0.358 e. The van der Waals surface area contributed by atoms with Gasteiger partial charge < -0.3 is 14.5 Å². The number of H-pyrrole nitrogens is 1. The van der Waals surface area contributed by atoms with Gasteiger partial charge in [0.25, 0.3) is 0 Å². The number of carboxylic acid groups (broad SMARTS) is 1. The van der Waals surface area contributed by atoms with Gasteiger partial charge in [-0.3, -0.25) is 0 Å². The molecule has 0 bridgehead atoms. The average molecular weight is 246 g/mol. The molecule has 0 radical (unpaired) electrons. The van der Waals surface area contributed by atoms with Gasteiger partial charge in [-0.25, -0.2) is 14.2 Å². The lowest BCUT2D eigenvalue weighted by Gasteiger charge is -1.93. The second-order valence-electron chi connectivity index (χ2n) is 3.72. The van der Waals surface area contributed by atoms with Gasteiger partial charge in [-0.15, -0.1) is 0 Å². The summed E-state index contributed by atoms with van der Waals surface area (Å²) in [4.78, 5) is 17.3. The zero-order chi connectivity index (χ0) is 12.7. The zero-order valence-electron chi connectivity index (χ0n) is 8.98. The van der Waals surface area contributed by atoms with E-state index in [4.69, 9.17) is 9.52 Å². The molecule has 0 amide bonds. The minimum atomic E-state index is -1.20. The molecule has 0 saturated heterocycles. The fourth-order valence-electron chi connectivity index (χ4n) is 1.83. The number of aromatic nitrogens is 2. The first-order valence-corrected chi connectivity index (χ1v) is 5.11. The number of rotatable bonds is 2. The van der Waals surface area contributed by atoms with Crippen LogP contribution in [0.3, 0.4) is 0 Å². The zero-order valence-corrected chi connectivity index (χ0v) is 8.98. The fraction of sp³-hybridized carbons (Fsp3) is 0. The van der Waals surface area contributed by atoms with Gasteiger partial charge in [-0.1, -0.05) is 12.1 Å². The van der Waals surface area contributed by atoms with E-state index in [1.807, 2.05) is 0 Å². The lowest BCUT2D eigenvalue weighted by Crippen LogP contribution is -1.98. The molecule has 2 aromatic heterocycles. The number of aromatic amines is 1. The summed E-state index contributed by atoms with van der Waals surface area (Å²) in [6.45, 7) is 0. The van der Waals surface area contributed by atoms with Crippen LogP contribution in [0.1, 0.15) is 10.5 Å². The van der Waals surface area contributed by atoms with Crippen molar-refractivity contribution in [2.24, 2.45) is 0 Å². The van der Waals surface area contributed by atoms with Gasteiger partial charge in [0.1, 0.15) is 5.82 Å². The molecule has 0 unspecified atom stereocenters. The van der Waals surface area contributed by atoms with Crippen molar-refractivity contribution >= 4 is 16.9 Å². The van der Waals surface area contributed by atoms with Gasteiger partial charge in [0.05, 0.1) is 11.2 Å². The van der Waals surface area contributed by atoms with Gasteiger partial charge in [0.2, 0.25) is 0 Å². The average Bonchev–Trinajstić information content (AvgIpc) is 2.95. The molecule has 6 heteroatoms. The Labute approximate surface area is 99.9 Å². The van der Waals surface area contributed by atoms with Crippen LogP contribution in [0.2, 0.25) is 0 Å². The predicted octanol–water partition coefficient (Wildman–Crippen LogP) is 2.66. The number of hydrogen-bond donors (Lipinski definition) is 2. The van der Waals surface area contributed by atoms with Crippen molar-refractivity contribution in [1.29, 1.82) is 0 Å². The molecule has 1 aromatic carbocycles. The lowest BCUT2D eigenvalue weighted by atomic mass is 10.2.